The molecule has 2 aromatic rings. The van der Waals surface area contributed by atoms with E-state index in [1.807, 2.05) is 19.2 Å². The second-order valence-electron chi connectivity index (χ2n) is 3.27. The third-order valence-electron chi connectivity index (χ3n) is 2.13. The minimum Gasteiger partial charge on any atom is -0.398 e. The predicted octanol–water partition coefficient (Wildman–Crippen LogP) is 2.34. The summed E-state index contributed by atoms with van der Waals surface area (Å²) in [6.07, 6.45) is 1.54. The highest BCUT2D eigenvalue weighted by Crippen LogP contribution is 2.29. The minimum absolute atomic E-state index is 0.653. The molecule has 0 unspecified atom stereocenters. The maximum atomic E-state index is 5.85. The molecule has 84 valence electrons. The van der Waals surface area contributed by atoms with Gasteiger partial charge in [-0.1, -0.05) is 11.6 Å². The van der Waals surface area contributed by atoms with Gasteiger partial charge in [0.05, 0.1) is 5.75 Å². The SMILES string of the molecule is Cn1ncnc1CSc1ccc(Cl)cc1N. The molecule has 0 spiro atoms. The Hall–Kier alpha value is -1.20. The third-order valence-corrected chi connectivity index (χ3v) is 3.45. The fourth-order valence-corrected chi connectivity index (χ4v) is 2.36. The lowest BCUT2D eigenvalue weighted by atomic mass is 10.3. The van der Waals surface area contributed by atoms with Crippen molar-refractivity contribution < 1.29 is 0 Å². The van der Waals surface area contributed by atoms with Crippen molar-refractivity contribution in [1.82, 2.24) is 14.8 Å². The summed E-state index contributed by atoms with van der Waals surface area (Å²) in [5.74, 6) is 1.65. The Labute approximate surface area is 103 Å². The van der Waals surface area contributed by atoms with Crippen LogP contribution in [0.4, 0.5) is 5.69 Å². The number of nitrogens with zero attached hydrogens (tertiary/aromatic N) is 3. The zero-order valence-electron chi connectivity index (χ0n) is 8.72. The number of aromatic nitrogens is 3. The van der Waals surface area contributed by atoms with Gasteiger partial charge in [-0.25, -0.2) is 4.98 Å². The van der Waals surface area contributed by atoms with Crippen LogP contribution in [0.1, 0.15) is 5.82 Å². The van der Waals surface area contributed by atoms with Gasteiger partial charge in [0.25, 0.3) is 0 Å². The zero-order valence-corrected chi connectivity index (χ0v) is 10.3. The van der Waals surface area contributed by atoms with Crippen LogP contribution in [0.2, 0.25) is 5.02 Å². The highest BCUT2D eigenvalue weighted by Gasteiger charge is 2.04. The molecular formula is C10H11ClN4S. The second kappa shape index (κ2) is 4.76. The maximum absolute atomic E-state index is 5.85. The topological polar surface area (TPSA) is 56.7 Å². The monoisotopic (exact) mass is 254 g/mol. The molecule has 0 fully saturated rings. The van der Waals surface area contributed by atoms with Gasteiger partial charge in [-0.2, -0.15) is 5.10 Å². The molecule has 2 rings (SSSR count). The smallest absolute Gasteiger partial charge is 0.138 e. The van der Waals surface area contributed by atoms with E-state index in [2.05, 4.69) is 10.1 Å². The quantitative estimate of drug-likeness (QED) is 0.675. The van der Waals surface area contributed by atoms with Gasteiger partial charge in [-0.05, 0) is 18.2 Å². The van der Waals surface area contributed by atoms with E-state index in [0.717, 1.165) is 16.5 Å². The number of hydrogen-bond acceptors (Lipinski definition) is 4. The Kier molecular flexibility index (Phi) is 3.36. The van der Waals surface area contributed by atoms with Crippen molar-refractivity contribution in [3.63, 3.8) is 0 Å². The van der Waals surface area contributed by atoms with Gasteiger partial charge in [0.1, 0.15) is 12.2 Å². The van der Waals surface area contributed by atoms with E-state index in [-0.39, 0.29) is 0 Å². The molecule has 0 aliphatic rings. The van der Waals surface area contributed by atoms with Crippen molar-refractivity contribution in [3.8, 4) is 0 Å². The number of nitrogens with two attached hydrogens (primary N) is 1. The van der Waals surface area contributed by atoms with Crippen LogP contribution in [0.25, 0.3) is 0 Å². The van der Waals surface area contributed by atoms with Crippen molar-refractivity contribution >= 4 is 29.1 Å². The fraction of sp³-hybridized carbons (Fsp3) is 0.200. The molecule has 1 heterocycles. The molecule has 1 aromatic carbocycles. The van der Waals surface area contributed by atoms with Gasteiger partial charge >= 0.3 is 0 Å². The molecule has 4 nitrogen and oxygen atoms in total. The van der Waals surface area contributed by atoms with Crippen LogP contribution in [0.5, 0.6) is 0 Å². The summed E-state index contributed by atoms with van der Waals surface area (Å²) in [6, 6.07) is 5.50. The molecule has 6 heteroatoms. The first-order chi connectivity index (χ1) is 7.66. The number of benzene rings is 1. The van der Waals surface area contributed by atoms with Crippen LogP contribution in [0.3, 0.4) is 0 Å². The minimum atomic E-state index is 0.653. The highest BCUT2D eigenvalue weighted by molar-refractivity contribution is 7.98. The predicted molar refractivity (Wildman–Crippen MR) is 66.4 cm³/mol. The Morgan fingerprint density at radius 2 is 2.31 bits per heavy atom. The Balaban J connectivity index is 2.08. The van der Waals surface area contributed by atoms with Crippen LogP contribution in [0, 0.1) is 0 Å². The summed E-state index contributed by atoms with van der Waals surface area (Å²) in [7, 11) is 1.87. The van der Waals surface area contributed by atoms with Gasteiger partial charge in [0.2, 0.25) is 0 Å². The molecule has 0 radical (unpaired) electrons. The van der Waals surface area contributed by atoms with Gasteiger partial charge in [0, 0.05) is 22.7 Å². The van der Waals surface area contributed by atoms with Gasteiger partial charge in [0.15, 0.2) is 0 Å². The zero-order chi connectivity index (χ0) is 11.5. The van der Waals surface area contributed by atoms with Gasteiger partial charge in [-0.3, -0.25) is 4.68 Å². The molecule has 0 saturated carbocycles. The maximum Gasteiger partial charge on any atom is 0.138 e. The average Bonchev–Trinajstić information content (AvgIpc) is 2.63. The second-order valence-corrected chi connectivity index (χ2v) is 4.72. The molecule has 0 aliphatic heterocycles. The highest BCUT2D eigenvalue weighted by atomic mass is 35.5. The summed E-state index contributed by atoms with van der Waals surface area (Å²) >= 11 is 7.45. The largest absolute Gasteiger partial charge is 0.398 e. The lowest BCUT2D eigenvalue weighted by Gasteiger charge is -2.05. The van der Waals surface area contributed by atoms with E-state index in [4.69, 9.17) is 17.3 Å². The lowest BCUT2D eigenvalue weighted by Crippen LogP contribution is -1.97. The Morgan fingerprint density at radius 3 is 2.94 bits per heavy atom. The number of nitrogen functional groups attached to an aromatic ring is 1. The summed E-state index contributed by atoms with van der Waals surface area (Å²) in [6.45, 7) is 0. The van der Waals surface area contributed by atoms with Crippen LogP contribution >= 0.6 is 23.4 Å². The van der Waals surface area contributed by atoms with Crippen LogP contribution in [-0.4, -0.2) is 14.8 Å². The molecule has 0 saturated heterocycles. The van der Waals surface area contributed by atoms with Crippen LogP contribution in [-0.2, 0) is 12.8 Å². The summed E-state index contributed by atoms with van der Waals surface area (Å²) in [5.41, 5.74) is 6.54. The van der Waals surface area contributed by atoms with E-state index in [9.17, 15) is 0 Å². The van der Waals surface area contributed by atoms with E-state index >= 15 is 0 Å². The van der Waals surface area contributed by atoms with E-state index in [1.54, 1.807) is 28.8 Å². The van der Waals surface area contributed by atoms with E-state index < -0.39 is 0 Å². The van der Waals surface area contributed by atoms with Crippen LogP contribution in [0.15, 0.2) is 29.4 Å². The standard InChI is InChI=1S/C10H11ClN4S/c1-15-10(13-6-14-15)5-16-9-3-2-7(11)4-8(9)12/h2-4,6H,5,12H2,1H3. The Morgan fingerprint density at radius 1 is 1.50 bits per heavy atom. The first kappa shape index (κ1) is 11.3. The third kappa shape index (κ3) is 2.48. The molecule has 0 atom stereocenters. The normalized spacial score (nSPS) is 10.6. The first-order valence-electron chi connectivity index (χ1n) is 4.67. The van der Waals surface area contributed by atoms with Gasteiger partial charge in [-0.15, -0.1) is 11.8 Å². The summed E-state index contributed by atoms with van der Waals surface area (Å²) < 4.78 is 1.75. The molecular weight excluding hydrogens is 244 g/mol. The fourth-order valence-electron chi connectivity index (χ4n) is 1.24. The van der Waals surface area contributed by atoms with Crippen molar-refractivity contribution in [2.24, 2.45) is 7.05 Å². The van der Waals surface area contributed by atoms with Crippen molar-refractivity contribution in [2.45, 2.75) is 10.6 Å². The summed E-state index contributed by atoms with van der Waals surface area (Å²) in [4.78, 5) is 5.15. The number of thioether (sulfide) groups is 1. The molecule has 2 N–H and O–H groups in total. The molecule has 0 aliphatic carbocycles. The van der Waals surface area contributed by atoms with E-state index in [1.165, 1.54) is 0 Å². The van der Waals surface area contributed by atoms with Crippen molar-refractivity contribution in [3.05, 3.63) is 35.4 Å². The number of halogens is 1. The van der Waals surface area contributed by atoms with Crippen LogP contribution < -0.4 is 5.73 Å². The molecule has 0 amide bonds. The Bertz CT molecular complexity index is 497. The summed E-state index contributed by atoms with van der Waals surface area (Å²) in [5, 5.41) is 4.66. The number of hydrogen-bond donors (Lipinski definition) is 1. The first-order valence-corrected chi connectivity index (χ1v) is 6.04. The molecule has 16 heavy (non-hydrogen) atoms. The number of anilines is 1. The lowest BCUT2D eigenvalue weighted by molar-refractivity contribution is 0.730. The van der Waals surface area contributed by atoms with Gasteiger partial charge < -0.3 is 5.73 Å². The van der Waals surface area contributed by atoms with Crippen molar-refractivity contribution in [2.75, 3.05) is 5.73 Å². The van der Waals surface area contributed by atoms with Crippen molar-refractivity contribution in [1.29, 1.82) is 0 Å². The average molecular weight is 255 g/mol. The number of rotatable bonds is 3. The molecule has 0 bridgehead atoms. The number of aryl methyl sites for hydroxylation is 1. The van der Waals surface area contributed by atoms with E-state index in [0.29, 0.717) is 10.7 Å². The molecule has 1 aromatic heterocycles.